The molecule has 0 bridgehead atoms. The third-order valence-electron chi connectivity index (χ3n) is 3.50. The predicted molar refractivity (Wildman–Crippen MR) is 110 cm³/mol. The molecule has 1 aromatic rings. The van der Waals surface area contributed by atoms with Gasteiger partial charge in [0.2, 0.25) is 0 Å². The van der Waals surface area contributed by atoms with Gasteiger partial charge in [-0.1, -0.05) is 0 Å². The maximum atomic E-state index is 5.61. The molecule has 1 aromatic carbocycles. The Morgan fingerprint density at radius 1 is 0.483 bits per heavy atom. The Hall–Kier alpha value is -1.46. The fourth-order valence-corrected chi connectivity index (χ4v) is 2.07. The number of benzene rings is 1. The highest BCUT2D eigenvalue weighted by Crippen LogP contribution is 2.12. The van der Waals surface area contributed by atoms with E-state index in [9.17, 15) is 0 Å². The minimum atomic E-state index is 0.486. The molecule has 0 spiro atoms. The van der Waals surface area contributed by atoms with Crippen LogP contribution in [-0.4, -0.2) is 92.4 Å². The summed E-state index contributed by atoms with van der Waals surface area (Å²) in [6.07, 6.45) is 0. The monoisotopic (exact) mass is 416 g/mol. The molecule has 0 fully saturated rings. The Balaban J connectivity index is 1.69. The molecule has 168 valence electrons. The van der Waals surface area contributed by atoms with E-state index in [4.69, 9.17) is 44.6 Å². The molecule has 9 heteroatoms. The average Bonchev–Trinajstić information content (AvgIpc) is 2.73. The summed E-state index contributed by atoms with van der Waals surface area (Å²) < 4.78 is 37.7. The number of anilines is 1. The van der Waals surface area contributed by atoms with Gasteiger partial charge in [0.25, 0.3) is 0 Å². The second kappa shape index (κ2) is 19.8. The van der Waals surface area contributed by atoms with Gasteiger partial charge in [-0.15, -0.1) is 0 Å². The van der Waals surface area contributed by atoms with Crippen LogP contribution in [0.2, 0.25) is 0 Å². The van der Waals surface area contributed by atoms with Crippen molar-refractivity contribution in [3.63, 3.8) is 0 Å². The Kier molecular flexibility index (Phi) is 17.5. The summed E-state index contributed by atoms with van der Waals surface area (Å²) in [6.45, 7) is 7.43. The minimum Gasteiger partial charge on any atom is -0.491 e. The van der Waals surface area contributed by atoms with Crippen molar-refractivity contribution in [2.75, 3.05) is 98.2 Å². The Bertz CT molecular complexity index is 463. The van der Waals surface area contributed by atoms with Gasteiger partial charge in [-0.2, -0.15) is 0 Å². The number of ether oxygens (including phenoxy) is 7. The molecule has 0 saturated heterocycles. The first-order chi connectivity index (χ1) is 14.3. The van der Waals surface area contributed by atoms with Crippen molar-refractivity contribution in [3.05, 3.63) is 24.3 Å². The fourth-order valence-electron chi connectivity index (χ4n) is 2.07. The van der Waals surface area contributed by atoms with Crippen LogP contribution in [0.5, 0.6) is 5.75 Å². The molecule has 0 aliphatic rings. The summed E-state index contributed by atoms with van der Waals surface area (Å²) in [7, 11) is 0. The van der Waals surface area contributed by atoms with Crippen molar-refractivity contribution in [3.8, 4) is 5.75 Å². The van der Waals surface area contributed by atoms with Crippen LogP contribution >= 0.6 is 0 Å². The summed E-state index contributed by atoms with van der Waals surface area (Å²) in [5.41, 5.74) is 11.6. The summed E-state index contributed by atoms with van der Waals surface area (Å²) in [4.78, 5) is 0. The Morgan fingerprint density at radius 3 is 1.21 bits per heavy atom. The van der Waals surface area contributed by atoms with Gasteiger partial charge in [-0.3, -0.25) is 0 Å². The van der Waals surface area contributed by atoms with E-state index in [0.717, 1.165) is 5.75 Å². The van der Waals surface area contributed by atoms with Gasteiger partial charge < -0.3 is 44.6 Å². The van der Waals surface area contributed by atoms with Crippen LogP contribution in [0.25, 0.3) is 0 Å². The lowest BCUT2D eigenvalue weighted by molar-refractivity contribution is -0.0175. The first-order valence-corrected chi connectivity index (χ1v) is 9.98. The number of nitrogen functional groups attached to an aromatic ring is 1. The van der Waals surface area contributed by atoms with Crippen LogP contribution < -0.4 is 16.2 Å². The van der Waals surface area contributed by atoms with Crippen LogP contribution in [0.3, 0.4) is 0 Å². The molecular formula is C20H36N2O7. The van der Waals surface area contributed by atoms with E-state index in [0.29, 0.717) is 98.1 Å². The van der Waals surface area contributed by atoms with E-state index in [1.54, 1.807) is 12.1 Å². The summed E-state index contributed by atoms with van der Waals surface area (Å²) in [6, 6.07) is 7.27. The molecule has 29 heavy (non-hydrogen) atoms. The van der Waals surface area contributed by atoms with E-state index in [2.05, 4.69) is 0 Å². The zero-order valence-corrected chi connectivity index (χ0v) is 17.2. The topological polar surface area (TPSA) is 117 Å². The number of nitrogens with two attached hydrogens (primary N) is 2. The highest BCUT2D eigenvalue weighted by molar-refractivity contribution is 5.41. The van der Waals surface area contributed by atoms with Gasteiger partial charge in [0.05, 0.1) is 79.3 Å². The van der Waals surface area contributed by atoms with Crippen molar-refractivity contribution in [1.29, 1.82) is 0 Å². The van der Waals surface area contributed by atoms with Crippen LogP contribution in [0.1, 0.15) is 0 Å². The third-order valence-corrected chi connectivity index (χ3v) is 3.50. The van der Waals surface area contributed by atoms with Crippen molar-refractivity contribution in [1.82, 2.24) is 0 Å². The molecule has 0 unspecified atom stereocenters. The molecular weight excluding hydrogens is 380 g/mol. The summed E-state index contributed by atoms with van der Waals surface area (Å²) in [5.74, 6) is 0.778. The molecule has 0 saturated carbocycles. The maximum Gasteiger partial charge on any atom is 0.119 e. The fraction of sp³-hybridized carbons (Fsp3) is 0.700. The number of hydrogen-bond acceptors (Lipinski definition) is 9. The molecule has 0 atom stereocenters. The first-order valence-electron chi connectivity index (χ1n) is 9.98. The van der Waals surface area contributed by atoms with Gasteiger partial charge in [-0.25, -0.2) is 0 Å². The third kappa shape index (κ3) is 17.1. The van der Waals surface area contributed by atoms with Gasteiger partial charge in [0.1, 0.15) is 12.4 Å². The SMILES string of the molecule is NCCOCCOCCOCCOCCOCCOCCOc1ccc(N)cc1. The van der Waals surface area contributed by atoms with Crippen molar-refractivity contribution < 1.29 is 33.2 Å². The molecule has 0 radical (unpaired) electrons. The van der Waals surface area contributed by atoms with Crippen molar-refractivity contribution in [2.45, 2.75) is 0 Å². The van der Waals surface area contributed by atoms with Gasteiger partial charge >= 0.3 is 0 Å². The molecule has 0 aromatic heterocycles. The van der Waals surface area contributed by atoms with Crippen LogP contribution in [-0.2, 0) is 28.4 Å². The van der Waals surface area contributed by atoms with Crippen molar-refractivity contribution in [2.24, 2.45) is 5.73 Å². The van der Waals surface area contributed by atoms with Crippen molar-refractivity contribution >= 4 is 5.69 Å². The minimum absolute atomic E-state index is 0.486. The lowest BCUT2D eigenvalue weighted by Gasteiger charge is -2.09. The molecule has 0 aliphatic heterocycles. The van der Waals surface area contributed by atoms with Crippen LogP contribution in [0.15, 0.2) is 24.3 Å². The zero-order valence-electron chi connectivity index (χ0n) is 17.2. The largest absolute Gasteiger partial charge is 0.491 e. The van der Waals surface area contributed by atoms with E-state index < -0.39 is 0 Å². The van der Waals surface area contributed by atoms with Gasteiger partial charge in [0, 0.05) is 12.2 Å². The number of hydrogen-bond donors (Lipinski definition) is 2. The zero-order chi connectivity index (χ0) is 20.8. The molecule has 0 heterocycles. The standard InChI is InChI=1S/C20H36N2O7/c21-5-6-23-7-8-24-9-10-25-11-12-26-13-14-27-15-16-28-17-18-29-20-3-1-19(22)2-4-20/h1-4H,5-18,21-22H2. The van der Waals surface area contributed by atoms with E-state index in [1.165, 1.54) is 0 Å². The molecule has 9 nitrogen and oxygen atoms in total. The second-order valence-electron chi connectivity index (χ2n) is 5.88. The van der Waals surface area contributed by atoms with E-state index >= 15 is 0 Å². The highest BCUT2D eigenvalue weighted by atomic mass is 16.6. The molecule has 1 rings (SSSR count). The smallest absolute Gasteiger partial charge is 0.119 e. The quantitative estimate of drug-likeness (QED) is 0.221. The van der Waals surface area contributed by atoms with E-state index in [-0.39, 0.29) is 0 Å². The normalized spacial score (nSPS) is 11.1. The molecule has 0 amide bonds. The predicted octanol–water partition coefficient (Wildman–Crippen LogP) is 0.706. The Morgan fingerprint density at radius 2 is 0.828 bits per heavy atom. The lowest BCUT2D eigenvalue weighted by atomic mass is 10.3. The van der Waals surface area contributed by atoms with Crippen LogP contribution in [0, 0.1) is 0 Å². The average molecular weight is 417 g/mol. The summed E-state index contributed by atoms with van der Waals surface area (Å²) >= 11 is 0. The lowest BCUT2D eigenvalue weighted by Crippen LogP contribution is -2.15. The van der Waals surface area contributed by atoms with Gasteiger partial charge in [0.15, 0.2) is 0 Å². The Labute approximate surface area is 173 Å². The van der Waals surface area contributed by atoms with Gasteiger partial charge in [-0.05, 0) is 24.3 Å². The number of rotatable bonds is 21. The highest BCUT2D eigenvalue weighted by Gasteiger charge is 1.95. The maximum absolute atomic E-state index is 5.61. The molecule has 4 N–H and O–H groups in total. The second-order valence-corrected chi connectivity index (χ2v) is 5.88. The van der Waals surface area contributed by atoms with Crippen LogP contribution in [0.4, 0.5) is 5.69 Å². The molecule has 0 aliphatic carbocycles. The van der Waals surface area contributed by atoms with E-state index in [1.807, 2.05) is 12.1 Å². The first kappa shape index (κ1) is 25.6. The summed E-state index contributed by atoms with van der Waals surface area (Å²) in [5, 5.41) is 0.